The number of aryl methyl sites for hydroxylation is 1. The molecule has 0 aliphatic heterocycles. The van der Waals surface area contributed by atoms with Crippen molar-refractivity contribution < 1.29 is 4.74 Å². The Morgan fingerprint density at radius 1 is 0.914 bits per heavy atom. The first-order valence-electron chi connectivity index (χ1n) is 11.3. The van der Waals surface area contributed by atoms with Crippen LogP contribution >= 0.6 is 11.3 Å². The van der Waals surface area contributed by atoms with Crippen LogP contribution in [0.1, 0.15) is 5.56 Å². The second kappa shape index (κ2) is 8.25. The summed E-state index contributed by atoms with van der Waals surface area (Å²) < 4.78 is 9.88. The smallest absolute Gasteiger partial charge is 0.275 e. The van der Waals surface area contributed by atoms with Crippen molar-refractivity contribution >= 4 is 43.2 Å². The van der Waals surface area contributed by atoms with E-state index in [-0.39, 0.29) is 11.0 Å². The Morgan fingerprint density at radius 3 is 2.43 bits per heavy atom. The molecule has 0 aliphatic carbocycles. The average Bonchev–Trinajstić information content (AvgIpc) is 3.42. The summed E-state index contributed by atoms with van der Waals surface area (Å²) in [5.74, 6) is 0.753. The number of rotatable bonds is 4. The highest BCUT2D eigenvalue weighted by Gasteiger charge is 2.19. The number of hydrogen-bond acceptors (Lipinski definition) is 4. The van der Waals surface area contributed by atoms with E-state index < -0.39 is 0 Å². The summed E-state index contributed by atoms with van der Waals surface area (Å²) >= 11 is 1.57. The molecule has 6 aromatic rings. The Bertz CT molecular complexity index is 1830. The van der Waals surface area contributed by atoms with Crippen LogP contribution in [0.25, 0.3) is 42.3 Å². The predicted octanol–water partition coefficient (Wildman–Crippen LogP) is 5.79. The van der Waals surface area contributed by atoms with Gasteiger partial charge in [-0.1, -0.05) is 48.5 Å². The quantitative estimate of drug-likeness (QED) is 0.322. The standard InChI is InChI=1S/C29H22N2O3S/c1-30-23-9-5-4-8-21(23)26-27(30)29(33)31(16-18-11-13-20(34-2)14-12-18)17-22(28(26)32)25-15-19-7-3-6-10-24(19)35-25/h3-15,17H,16H2,1-2H3. The van der Waals surface area contributed by atoms with Crippen molar-refractivity contribution in [3.05, 3.63) is 111 Å². The van der Waals surface area contributed by atoms with Gasteiger partial charge in [-0.25, -0.2) is 0 Å². The Kier molecular flexibility index (Phi) is 5.04. The van der Waals surface area contributed by atoms with Gasteiger partial charge in [0.1, 0.15) is 11.3 Å². The van der Waals surface area contributed by atoms with Crippen LogP contribution in [0.5, 0.6) is 5.75 Å². The fourth-order valence-corrected chi connectivity index (χ4v) is 5.82. The zero-order chi connectivity index (χ0) is 24.1. The summed E-state index contributed by atoms with van der Waals surface area (Å²) in [7, 11) is 3.48. The van der Waals surface area contributed by atoms with Gasteiger partial charge in [-0.05, 0) is 41.3 Å². The van der Waals surface area contributed by atoms with Crippen LogP contribution in [-0.4, -0.2) is 16.2 Å². The predicted molar refractivity (Wildman–Crippen MR) is 144 cm³/mol. The zero-order valence-electron chi connectivity index (χ0n) is 19.3. The van der Waals surface area contributed by atoms with Crippen molar-refractivity contribution in [2.75, 3.05) is 7.11 Å². The summed E-state index contributed by atoms with van der Waals surface area (Å²) in [6.45, 7) is 0.339. The molecule has 3 aromatic carbocycles. The molecule has 0 radical (unpaired) electrons. The van der Waals surface area contributed by atoms with Gasteiger partial charge in [-0.15, -0.1) is 11.3 Å². The normalized spacial score (nSPS) is 11.5. The first-order valence-corrected chi connectivity index (χ1v) is 12.1. The molecule has 5 nitrogen and oxygen atoms in total. The second-order valence-electron chi connectivity index (χ2n) is 8.60. The molecule has 3 aromatic heterocycles. The first-order chi connectivity index (χ1) is 17.0. The van der Waals surface area contributed by atoms with Crippen molar-refractivity contribution in [1.82, 2.24) is 9.13 Å². The van der Waals surface area contributed by atoms with Gasteiger partial charge >= 0.3 is 0 Å². The summed E-state index contributed by atoms with van der Waals surface area (Å²) in [6.07, 6.45) is 1.73. The Hall–Kier alpha value is -4.16. The lowest BCUT2D eigenvalue weighted by Gasteiger charge is -2.06. The highest BCUT2D eigenvalue weighted by Crippen LogP contribution is 2.33. The van der Waals surface area contributed by atoms with Crippen LogP contribution in [0.15, 0.2) is 94.6 Å². The van der Waals surface area contributed by atoms with Crippen molar-refractivity contribution in [2.45, 2.75) is 6.54 Å². The van der Waals surface area contributed by atoms with E-state index >= 15 is 0 Å². The van der Waals surface area contributed by atoms with Gasteiger partial charge in [0.15, 0.2) is 5.43 Å². The number of thiophene rings is 1. The van der Waals surface area contributed by atoms with E-state index in [1.54, 1.807) is 29.2 Å². The zero-order valence-corrected chi connectivity index (χ0v) is 20.1. The first kappa shape index (κ1) is 21.4. The SMILES string of the molecule is COc1ccc(Cn2cc(-c3cc4ccccc4s3)c(=O)c3c4ccccc4n(C)c3c2=O)cc1. The van der Waals surface area contributed by atoms with Crippen LogP contribution in [0.2, 0.25) is 0 Å². The number of aromatic nitrogens is 2. The number of methoxy groups -OCH3 is 1. The van der Waals surface area contributed by atoms with Gasteiger partial charge in [0, 0.05) is 33.7 Å². The van der Waals surface area contributed by atoms with E-state index in [4.69, 9.17) is 4.74 Å². The van der Waals surface area contributed by atoms with E-state index in [0.29, 0.717) is 23.0 Å². The third-order valence-electron chi connectivity index (χ3n) is 6.53. The van der Waals surface area contributed by atoms with Crippen molar-refractivity contribution in [3.63, 3.8) is 0 Å². The molecule has 0 spiro atoms. The third-order valence-corrected chi connectivity index (χ3v) is 7.68. The van der Waals surface area contributed by atoms with Crippen molar-refractivity contribution in [2.24, 2.45) is 7.05 Å². The third kappa shape index (κ3) is 3.45. The lowest BCUT2D eigenvalue weighted by Crippen LogP contribution is -2.19. The molecule has 3 heterocycles. The molecule has 0 atom stereocenters. The number of ether oxygens (including phenoxy) is 1. The van der Waals surface area contributed by atoms with Gasteiger partial charge in [0.2, 0.25) is 0 Å². The molecule has 172 valence electrons. The van der Waals surface area contributed by atoms with Crippen LogP contribution in [0.3, 0.4) is 0 Å². The number of para-hydroxylation sites is 1. The summed E-state index contributed by atoms with van der Waals surface area (Å²) in [6, 6.07) is 25.4. The number of benzene rings is 3. The molecule has 35 heavy (non-hydrogen) atoms. The monoisotopic (exact) mass is 478 g/mol. The molecular formula is C29H22N2O3S. The van der Waals surface area contributed by atoms with Crippen LogP contribution in [0.4, 0.5) is 0 Å². The Balaban J connectivity index is 1.70. The molecule has 0 saturated carbocycles. The minimum atomic E-state index is -0.195. The maximum Gasteiger partial charge on any atom is 0.275 e. The molecule has 0 bridgehead atoms. The van der Waals surface area contributed by atoms with Gasteiger partial charge in [0.05, 0.1) is 24.6 Å². The van der Waals surface area contributed by atoms with Crippen LogP contribution < -0.4 is 15.7 Å². The van der Waals surface area contributed by atoms with Gasteiger partial charge in [-0.3, -0.25) is 9.59 Å². The maximum absolute atomic E-state index is 14.1. The van der Waals surface area contributed by atoms with E-state index in [0.717, 1.165) is 37.2 Å². The van der Waals surface area contributed by atoms with Crippen molar-refractivity contribution in [1.29, 1.82) is 0 Å². The van der Waals surface area contributed by atoms with E-state index in [2.05, 4.69) is 6.07 Å². The molecule has 0 unspecified atom stereocenters. The van der Waals surface area contributed by atoms with Crippen LogP contribution in [0, 0.1) is 0 Å². The Morgan fingerprint density at radius 2 is 1.66 bits per heavy atom. The van der Waals surface area contributed by atoms with Gasteiger partial charge in [-0.2, -0.15) is 0 Å². The fourth-order valence-electron chi connectivity index (χ4n) is 4.75. The second-order valence-corrected chi connectivity index (χ2v) is 9.69. The minimum Gasteiger partial charge on any atom is -0.497 e. The number of hydrogen-bond donors (Lipinski definition) is 0. The number of fused-ring (bicyclic) bond motifs is 4. The maximum atomic E-state index is 14.1. The lowest BCUT2D eigenvalue weighted by molar-refractivity contribution is 0.414. The molecule has 0 aliphatic rings. The highest BCUT2D eigenvalue weighted by molar-refractivity contribution is 7.22. The van der Waals surface area contributed by atoms with E-state index in [9.17, 15) is 9.59 Å². The van der Waals surface area contributed by atoms with E-state index in [1.165, 1.54) is 0 Å². The summed E-state index contributed by atoms with van der Waals surface area (Å²) in [5.41, 5.74) is 2.43. The Labute approximate surface area is 205 Å². The average molecular weight is 479 g/mol. The van der Waals surface area contributed by atoms with Gasteiger partial charge in [0.25, 0.3) is 5.56 Å². The molecule has 0 fully saturated rings. The molecular weight excluding hydrogens is 456 g/mol. The lowest BCUT2D eigenvalue weighted by atomic mass is 10.1. The molecule has 6 heteroatoms. The molecule has 6 rings (SSSR count). The summed E-state index contributed by atoms with van der Waals surface area (Å²) in [4.78, 5) is 28.9. The molecule has 0 amide bonds. The van der Waals surface area contributed by atoms with E-state index in [1.807, 2.05) is 84.4 Å². The highest BCUT2D eigenvalue weighted by atomic mass is 32.1. The largest absolute Gasteiger partial charge is 0.497 e. The molecule has 0 N–H and O–H groups in total. The van der Waals surface area contributed by atoms with Crippen molar-refractivity contribution in [3.8, 4) is 16.2 Å². The number of nitrogens with zero attached hydrogens (tertiary/aromatic N) is 2. The summed E-state index contributed by atoms with van der Waals surface area (Å²) in [5, 5.41) is 2.34. The van der Waals surface area contributed by atoms with Crippen LogP contribution in [-0.2, 0) is 13.6 Å². The minimum absolute atomic E-state index is 0.131. The molecule has 0 saturated heterocycles. The topological polar surface area (TPSA) is 53.2 Å². The fraction of sp³-hybridized carbons (Fsp3) is 0.103. The van der Waals surface area contributed by atoms with Gasteiger partial charge < -0.3 is 13.9 Å².